The molecule has 1 aromatic carbocycles. The topological polar surface area (TPSA) is 103 Å². The number of carbonyl (C=O) groups excluding carboxylic acids is 3. The number of thiol groups is 1. The minimum absolute atomic E-state index is 0.00151. The largest absolute Gasteiger partial charge is 0.508 e. The van der Waals surface area contributed by atoms with Gasteiger partial charge in [0.25, 0.3) is 0 Å². The minimum atomic E-state index is -0.815. The highest BCUT2D eigenvalue weighted by molar-refractivity contribution is 8.68. The van der Waals surface area contributed by atoms with E-state index in [-0.39, 0.29) is 43.6 Å². The third-order valence-corrected chi connectivity index (χ3v) is 6.53. The number of ether oxygens (including phenoxy) is 3. The Balaban J connectivity index is 2.55. The van der Waals surface area contributed by atoms with Crippen LogP contribution in [0.1, 0.15) is 25.3 Å². The maximum absolute atomic E-state index is 12.9. The highest BCUT2D eigenvalue weighted by Gasteiger charge is 2.24. The van der Waals surface area contributed by atoms with Crippen molar-refractivity contribution in [1.82, 2.24) is 10.6 Å². The zero-order valence-corrected chi connectivity index (χ0v) is 21.6. The second kappa shape index (κ2) is 18.8. The molecule has 11 heteroatoms. The van der Waals surface area contributed by atoms with Crippen LogP contribution in [-0.2, 0) is 30.2 Å². The molecule has 2 unspecified atom stereocenters. The fraction of sp³-hybridized carbons (Fsp3) is 0.591. The number of hydrogen-bond acceptors (Lipinski definition) is 10. The molecular weight excluding hydrogens is 484 g/mol. The number of esters is 1. The first-order valence-corrected chi connectivity index (χ1v) is 14.1. The summed E-state index contributed by atoms with van der Waals surface area (Å²) >= 11 is 6.16. The van der Waals surface area contributed by atoms with Crippen molar-refractivity contribution in [1.29, 1.82) is 0 Å². The van der Waals surface area contributed by atoms with Crippen molar-refractivity contribution >= 4 is 52.2 Å². The van der Waals surface area contributed by atoms with E-state index in [1.54, 1.807) is 18.7 Å². The molecule has 0 saturated heterocycles. The average Bonchev–Trinajstić information content (AvgIpc) is 2.82. The average molecular weight is 519 g/mol. The lowest BCUT2D eigenvalue weighted by Crippen LogP contribution is -2.39. The fourth-order valence-corrected chi connectivity index (χ4v) is 4.30. The summed E-state index contributed by atoms with van der Waals surface area (Å²) in [7, 11) is 1.38. The van der Waals surface area contributed by atoms with Crippen molar-refractivity contribution in [2.24, 2.45) is 5.92 Å². The van der Waals surface area contributed by atoms with Crippen molar-refractivity contribution < 1.29 is 28.6 Å². The normalized spacial score (nSPS) is 12.5. The Morgan fingerprint density at radius 1 is 1.09 bits per heavy atom. The lowest BCUT2D eigenvalue weighted by Gasteiger charge is -2.22. The van der Waals surface area contributed by atoms with Gasteiger partial charge in [-0.05, 0) is 50.3 Å². The van der Waals surface area contributed by atoms with Gasteiger partial charge in [-0.15, -0.1) is 11.7 Å². The van der Waals surface area contributed by atoms with Crippen molar-refractivity contribution in [3.8, 4) is 0 Å². The molecule has 1 amide bonds. The molecule has 0 bridgehead atoms. The standard InChI is InChI=1S/C22H34N2O6S3/c1-3-28-22(27)30-12-11-29-20(25)16-24-21(26)18(14-17-8-5-4-6-9-17)15-19(33-31)23-10-7-13-32-2/h4-6,8-9,18-19,23,31H,3,7,10-16H2,1-2H3,(H,24,26). The molecule has 0 aromatic heterocycles. The van der Waals surface area contributed by atoms with Crippen molar-refractivity contribution in [2.75, 3.05) is 44.9 Å². The summed E-state index contributed by atoms with van der Waals surface area (Å²) in [5, 5.41) is 6.11. The maximum Gasteiger partial charge on any atom is 0.508 e. The second-order valence-electron chi connectivity index (χ2n) is 6.99. The molecule has 0 radical (unpaired) electrons. The van der Waals surface area contributed by atoms with Gasteiger partial charge >= 0.3 is 12.1 Å². The lowest BCUT2D eigenvalue weighted by molar-refractivity contribution is -0.145. The molecule has 0 saturated carbocycles. The Morgan fingerprint density at radius 3 is 2.48 bits per heavy atom. The van der Waals surface area contributed by atoms with Gasteiger partial charge in [0, 0.05) is 5.92 Å². The fourth-order valence-electron chi connectivity index (χ4n) is 2.88. The quantitative estimate of drug-likeness (QED) is 0.0942. The van der Waals surface area contributed by atoms with Crippen LogP contribution in [0.3, 0.4) is 0 Å². The highest BCUT2D eigenvalue weighted by atomic mass is 33.1. The third-order valence-electron chi connectivity index (χ3n) is 4.45. The number of amides is 1. The van der Waals surface area contributed by atoms with Gasteiger partial charge in [0.1, 0.15) is 19.8 Å². The maximum atomic E-state index is 12.9. The van der Waals surface area contributed by atoms with Crippen LogP contribution in [-0.4, -0.2) is 68.3 Å². The summed E-state index contributed by atoms with van der Waals surface area (Å²) < 4.78 is 14.3. The summed E-state index contributed by atoms with van der Waals surface area (Å²) in [6.45, 7) is 2.22. The smallest absolute Gasteiger partial charge is 0.461 e. The molecule has 1 aromatic rings. The second-order valence-corrected chi connectivity index (χ2v) is 9.38. The van der Waals surface area contributed by atoms with E-state index in [2.05, 4.69) is 33.3 Å². The van der Waals surface area contributed by atoms with E-state index >= 15 is 0 Å². The molecule has 0 spiro atoms. The first kappa shape index (κ1) is 29.5. The van der Waals surface area contributed by atoms with Crippen LogP contribution >= 0.6 is 34.2 Å². The van der Waals surface area contributed by atoms with E-state index in [0.717, 1.165) is 24.3 Å². The first-order valence-electron chi connectivity index (χ1n) is 10.8. The molecule has 0 heterocycles. The molecule has 0 aliphatic carbocycles. The third kappa shape index (κ3) is 14.3. The summed E-state index contributed by atoms with van der Waals surface area (Å²) in [5.41, 5.74) is 1.04. The van der Waals surface area contributed by atoms with Crippen molar-refractivity contribution in [3.05, 3.63) is 35.9 Å². The molecule has 0 aliphatic heterocycles. The van der Waals surface area contributed by atoms with Crippen LogP contribution in [0.5, 0.6) is 0 Å². The summed E-state index contributed by atoms with van der Waals surface area (Å²) in [5.74, 6) is -0.107. The summed E-state index contributed by atoms with van der Waals surface area (Å²) in [4.78, 5) is 35.9. The van der Waals surface area contributed by atoms with Crippen molar-refractivity contribution in [2.45, 2.75) is 31.6 Å². The van der Waals surface area contributed by atoms with Crippen LogP contribution in [0.2, 0.25) is 0 Å². The van der Waals surface area contributed by atoms with Gasteiger partial charge in [0.05, 0.1) is 12.0 Å². The zero-order chi connectivity index (χ0) is 24.3. The van der Waals surface area contributed by atoms with E-state index in [9.17, 15) is 14.4 Å². The molecule has 0 aliphatic rings. The highest BCUT2D eigenvalue weighted by Crippen LogP contribution is 2.23. The Bertz CT molecular complexity index is 696. The van der Waals surface area contributed by atoms with Crippen LogP contribution in [0.4, 0.5) is 4.79 Å². The van der Waals surface area contributed by atoms with E-state index in [0.29, 0.717) is 12.8 Å². The summed E-state index contributed by atoms with van der Waals surface area (Å²) in [6, 6.07) is 9.76. The Morgan fingerprint density at radius 2 is 1.82 bits per heavy atom. The lowest BCUT2D eigenvalue weighted by atomic mass is 9.95. The molecule has 0 fully saturated rings. The number of benzene rings is 1. The Kier molecular flexibility index (Phi) is 16.8. The van der Waals surface area contributed by atoms with E-state index in [4.69, 9.17) is 9.47 Å². The predicted octanol–water partition coefficient (Wildman–Crippen LogP) is 3.31. The van der Waals surface area contributed by atoms with Gasteiger partial charge < -0.3 is 24.8 Å². The van der Waals surface area contributed by atoms with Gasteiger partial charge in [0.2, 0.25) is 5.91 Å². The zero-order valence-electron chi connectivity index (χ0n) is 19.1. The van der Waals surface area contributed by atoms with E-state index < -0.39 is 12.1 Å². The Labute approximate surface area is 209 Å². The number of hydrogen-bond donors (Lipinski definition) is 3. The van der Waals surface area contributed by atoms with Gasteiger partial charge in [-0.25, -0.2) is 4.79 Å². The van der Waals surface area contributed by atoms with Gasteiger partial charge in [0.15, 0.2) is 0 Å². The number of thioether (sulfide) groups is 1. The molecule has 1 rings (SSSR count). The molecule has 8 nitrogen and oxygen atoms in total. The minimum Gasteiger partial charge on any atom is -0.461 e. The summed E-state index contributed by atoms with van der Waals surface area (Å²) in [6.07, 6.45) is 3.41. The monoisotopic (exact) mass is 518 g/mol. The number of carbonyl (C=O) groups is 3. The number of nitrogens with one attached hydrogen (secondary N) is 2. The van der Waals surface area contributed by atoms with Crippen LogP contribution < -0.4 is 10.6 Å². The molecule has 2 atom stereocenters. The van der Waals surface area contributed by atoms with Gasteiger partial charge in [-0.1, -0.05) is 41.1 Å². The van der Waals surface area contributed by atoms with E-state index in [1.807, 2.05) is 30.3 Å². The van der Waals surface area contributed by atoms with Crippen molar-refractivity contribution in [3.63, 3.8) is 0 Å². The molecule has 33 heavy (non-hydrogen) atoms. The SMILES string of the molecule is CCOC(=O)OCCOC(=O)CNC(=O)C(Cc1ccccc1)CC(NCCCSC)SS. The van der Waals surface area contributed by atoms with E-state index in [1.165, 1.54) is 10.8 Å². The molecule has 2 N–H and O–H groups in total. The Hall–Kier alpha value is -1.56. The van der Waals surface area contributed by atoms with Crippen LogP contribution in [0, 0.1) is 5.92 Å². The predicted molar refractivity (Wildman–Crippen MR) is 137 cm³/mol. The van der Waals surface area contributed by atoms with Gasteiger partial charge in [-0.2, -0.15) is 11.8 Å². The van der Waals surface area contributed by atoms with Crippen LogP contribution in [0.25, 0.3) is 0 Å². The van der Waals surface area contributed by atoms with Crippen LogP contribution in [0.15, 0.2) is 30.3 Å². The first-order chi connectivity index (χ1) is 16.0. The number of rotatable bonds is 17. The van der Waals surface area contributed by atoms with Gasteiger partial charge in [-0.3, -0.25) is 9.59 Å². The molecular formula is C22H34N2O6S3. The molecule has 186 valence electrons.